The van der Waals surface area contributed by atoms with Gasteiger partial charge in [-0.3, -0.25) is 9.48 Å². The smallest absolute Gasteiger partial charge is 0.319 e. The van der Waals surface area contributed by atoms with Crippen molar-refractivity contribution in [3.05, 3.63) is 86.8 Å². The Morgan fingerprint density at radius 3 is 2.41 bits per heavy atom. The van der Waals surface area contributed by atoms with Crippen molar-refractivity contribution in [2.75, 3.05) is 5.32 Å². The first-order valence-corrected chi connectivity index (χ1v) is 10.7. The Morgan fingerprint density at radius 2 is 1.76 bits per heavy atom. The van der Waals surface area contributed by atoms with E-state index in [1.54, 1.807) is 30.7 Å². The summed E-state index contributed by atoms with van der Waals surface area (Å²) in [5.41, 5.74) is 0.154. The Kier molecular flexibility index (Phi) is 6.15. The van der Waals surface area contributed by atoms with Crippen molar-refractivity contribution in [3.8, 4) is 0 Å². The second kappa shape index (κ2) is 8.79. The highest BCUT2D eigenvalue weighted by molar-refractivity contribution is 9.10. The van der Waals surface area contributed by atoms with E-state index in [2.05, 4.69) is 31.3 Å². The molecule has 0 saturated carbocycles. The van der Waals surface area contributed by atoms with Gasteiger partial charge in [-0.1, -0.05) is 12.1 Å². The summed E-state index contributed by atoms with van der Waals surface area (Å²) in [6, 6.07) is 8.52. The van der Waals surface area contributed by atoms with Crippen LogP contribution >= 0.6 is 15.9 Å². The first kappa shape index (κ1) is 23.8. The summed E-state index contributed by atoms with van der Waals surface area (Å²) in [4.78, 5) is 16.6. The number of hydrogen-bond acceptors (Lipinski definition) is 3. The normalized spacial score (nSPS) is 11.8. The molecule has 0 unspecified atom stereocenters. The van der Waals surface area contributed by atoms with Gasteiger partial charge >= 0.3 is 6.18 Å². The minimum absolute atomic E-state index is 0.0184. The van der Waals surface area contributed by atoms with E-state index in [-0.39, 0.29) is 26.8 Å². The average molecular weight is 539 g/mol. The summed E-state index contributed by atoms with van der Waals surface area (Å²) in [6.07, 6.45) is -4.83. The zero-order valence-electron chi connectivity index (χ0n) is 17.8. The third kappa shape index (κ3) is 4.65. The molecular weight excluding hydrogens is 523 g/mol. The summed E-state index contributed by atoms with van der Waals surface area (Å²) in [7, 11) is 0. The largest absolute Gasteiger partial charge is 0.433 e. The van der Waals surface area contributed by atoms with Crippen LogP contribution in [0.2, 0.25) is 0 Å². The monoisotopic (exact) mass is 538 g/mol. The van der Waals surface area contributed by atoms with E-state index in [4.69, 9.17) is 0 Å². The van der Waals surface area contributed by atoms with E-state index >= 15 is 0 Å². The van der Waals surface area contributed by atoms with Crippen molar-refractivity contribution in [2.45, 2.75) is 26.6 Å². The van der Waals surface area contributed by atoms with Crippen LogP contribution in [0.5, 0.6) is 0 Å². The Hall–Kier alpha value is -3.34. The summed E-state index contributed by atoms with van der Waals surface area (Å²) in [5.74, 6) is -2.01. The maximum Gasteiger partial charge on any atom is 0.433 e. The quantitative estimate of drug-likeness (QED) is 0.305. The molecule has 0 aliphatic carbocycles. The molecule has 2 aromatic carbocycles. The number of aromatic nitrogens is 3. The molecule has 0 aliphatic rings. The van der Waals surface area contributed by atoms with Crippen LogP contribution in [0.1, 0.15) is 33.0 Å². The van der Waals surface area contributed by atoms with Gasteiger partial charge in [0, 0.05) is 11.5 Å². The van der Waals surface area contributed by atoms with E-state index in [1.165, 1.54) is 18.2 Å². The van der Waals surface area contributed by atoms with E-state index < -0.39 is 23.6 Å². The number of alkyl halides is 3. The number of nitrogens with zero attached hydrogens (tertiary/aromatic N) is 3. The molecule has 1 N–H and O–H groups in total. The number of fused-ring (bicyclic) bond motifs is 1. The van der Waals surface area contributed by atoms with Crippen LogP contribution in [0.15, 0.2) is 46.9 Å². The number of carbonyl (C=O) groups excluding carboxylic acids is 1. The van der Waals surface area contributed by atoms with Gasteiger partial charge < -0.3 is 5.32 Å². The minimum atomic E-state index is -4.83. The number of halogens is 6. The molecule has 34 heavy (non-hydrogen) atoms. The Balaban J connectivity index is 1.73. The van der Waals surface area contributed by atoms with Crippen LogP contribution in [0.25, 0.3) is 10.9 Å². The summed E-state index contributed by atoms with van der Waals surface area (Å²) < 4.78 is 68.9. The second-order valence-corrected chi connectivity index (χ2v) is 8.47. The molecule has 0 aliphatic heterocycles. The Morgan fingerprint density at radius 1 is 1.09 bits per heavy atom. The third-order valence-electron chi connectivity index (χ3n) is 5.25. The molecule has 0 spiro atoms. The van der Waals surface area contributed by atoms with Crippen molar-refractivity contribution in [1.82, 2.24) is 14.8 Å². The number of pyridine rings is 1. The summed E-state index contributed by atoms with van der Waals surface area (Å²) in [6.45, 7) is 3.63. The lowest BCUT2D eigenvalue weighted by Crippen LogP contribution is -2.17. The summed E-state index contributed by atoms with van der Waals surface area (Å²) >= 11 is 2.99. The highest BCUT2D eigenvalue weighted by atomic mass is 79.9. The van der Waals surface area contributed by atoms with Crippen LogP contribution in [0.4, 0.5) is 27.6 Å². The van der Waals surface area contributed by atoms with Crippen LogP contribution < -0.4 is 5.32 Å². The molecule has 5 nitrogen and oxygen atoms in total. The molecule has 2 aromatic heterocycles. The van der Waals surface area contributed by atoms with Gasteiger partial charge in [-0.15, -0.1) is 0 Å². The van der Waals surface area contributed by atoms with Crippen LogP contribution in [-0.2, 0) is 12.7 Å². The molecule has 176 valence electrons. The molecule has 0 radical (unpaired) electrons. The van der Waals surface area contributed by atoms with E-state index in [0.29, 0.717) is 29.7 Å². The van der Waals surface area contributed by atoms with Crippen molar-refractivity contribution in [2.24, 2.45) is 0 Å². The lowest BCUT2D eigenvalue weighted by Gasteiger charge is -2.13. The number of aryl methyl sites for hydroxylation is 1. The molecule has 0 fully saturated rings. The number of nitrogens with one attached hydrogen (secondary N) is 1. The molecule has 11 heteroatoms. The van der Waals surface area contributed by atoms with E-state index in [1.807, 2.05) is 0 Å². The minimum Gasteiger partial charge on any atom is -0.319 e. The topological polar surface area (TPSA) is 59.8 Å². The lowest BCUT2D eigenvalue weighted by atomic mass is 10.1. The van der Waals surface area contributed by atoms with Crippen molar-refractivity contribution in [3.63, 3.8) is 0 Å². The van der Waals surface area contributed by atoms with E-state index in [9.17, 15) is 26.7 Å². The third-order valence-corrected chi connectivity index (χ3v) is 5.86. The molecule has 2 heterocycles. The van der Waals surface area contributed by atoms with Crippen molar-refractivity contribution >= 4 is 38.4 Å². The van der Waals surface area contributed by atoms with Crippen LogP contribution in [0, 0.1) is 25.5 Å². The van der Waals surface area contributed by atoms with Gasteiger partial charge in [-0.2, -0.15) is 18.3 Å². The first-order valence-electron chi connectivity index (χ1n) is 9.91. The number of anilines is 1. The maximum atomic E-state index is 14.0. The van der Waals surface area contributed by atoms with Crippen LogP contribution in [-0.4, -0.2) is 20.7 Å². The average Bonchev–Trinajstić information content (AvgIpc) is 3.02. The summed E-state index contributed by atoms with van der Waals surface area (Å²) in [5, 5.41) is 7.06. The number of hydrogen-bond donors (Lipinski definition) is 1. The van der Waals surface area contributed by atoms with Gasteiger partial charge in [0.25, 0.3) is 5.91 Å². The zero-order chi connectivity index (χ0) is 24.8. The van der Waals surface area contributed by atoms with Gasteiger partial charge in [0.05, 0.1) is 39.2 Å². The van der Waals surface area contributed by atoms with Crippen molar-refractivity contribution < 1.29 is 26.7 Å². The predicted molar refractivity (Wildman–Crippen MR) is 120 cm³/mol. The molecule has 0 saturated heterocycles. The van der Waals surface area contributed by atoms with Gasteiger partial charge in [-0.05, 0) is 59.6 Å². The SMILES string of the molecule is Cc1nn(Cc2ccc(F)cc2)c(C)c1NC(=O)c1cc(C(F)(F)F)nc2cc(F)c(Br)cc12. The second-order valence-electron chi connectivity index (χ2n) is 7.62. The molecule has 4 rings (SSSR count). The van der Waals surface area contributed by atoms with Crippen LogP contribution in [0.3, 0.4) is 0 Å². The fraction of sp³-hybridized carbons (Fsp3) is 0.174. The number of carbonyl (C=O) groups is 1. The maximum absolute atomic E-state index is 14.0. The van der Waals surface area contributed by atoms with Gasteiger partial charge in [0.15, 0.2) is 0 Å². The Bertz CT molecular complexity index is 1410. The number of rotatable bonds is 4. The number of amides is 1. The predicted octanol–water partition coefficient (Wildman–Crippen LogP) is 6.41. The lowest BCUT2D eigenvalue weighted by molar-refractivity contribution is -0.141. The molecule has 0 atom stereocenters. The molecular formula is C23H16BrF5N4O. The molecule has 1 amide bonds. The number of benzene rings is 2. The Labute approximate surface area is 198 Å². The van der Waals surface area contributed by atoms with Gasteiger partial charge in [0.2, 0.25) is 0 Å². The standard InChI is InChI=1S/C23H16BrF5N4O/c1-11-21(12(2)33(32-11)10-13-3-5-14(25)6-4-13)31-22(34)16-8-20(23(27,28)29)30-19-9-18(26)17(24)7-15(16)19/h3-9H,10H2,1-2H3,(H,31,34). The molecule has 0 bridgehead atoms. The highest BCUT2D eigenvalue weighted by Gasteiger charge is 2.34. The van der Waals surface area contributed by atoms with Gasteiger partial charge in [-0.25, -0.2) is 13.8 Å². The molecule has 4 aromatic rings. The zero-order valence-corrected chi connectivity index (χ0v) is 19.4. The fourth-order valence-electron chi connectivity index (χ4n) is 3.53. The fourth-order valence-corrected chi connectivity index (χ4v) is 3.87. The van der Waals surface area contributed by atoms with E-state index in [0.717, 1.165) is 11.6 Å². The first-order chi connectivity index (χ1) is 15.9. The van der Waals surface area contributed by atoms with Gasteiger partial charge in [0.1, 0.15) is 17.3 Å². The highest BCUT2D eigenvalue weighted by Crippen LogP contribution is 2.33. The van der Waals surface area contributed by atoms with Crippen molar-refractivity contribution in [1.29, 1.82) is 0 Å².